The topological polar surface area (TPSA) is 84.2 Å². The van der Waals surface area contributed by atoms with Crippen molar-refractivity contribution < 1.29 is 8.42 Å². The fourth-order valence-corrected chi connectivity index (χ4v) is 2.45. The normalized spacial score (nSPS) is 11.5. The molecule has 0 unspecified atom stereocenters. The molecule has 0 aliphatic carbocycles. The maximum Gasteiger partial charge on any atom is 0.299 e. The summed E-state index contributed by atoms with van der Waals surface area (Å²) in [5.74, 6) is 0. The molecule has 1 aromatic carbocycles. The van der Waals surface area contributed by atoms with Crippen LogP contribution in [0.3, 0.4) is 0 Å². The third-order valence-electron chi connectivity index (χ3n) is 2.52. The standard InChI is InChI=1S/C11H19N3O2S/c1-4-7-13-17(15,16)14-10-6-5-8(2)11(12)9(10)3/h5-6,13-14H,4,7,12H2,1-3H3. The predicted octanol–water partition coefficient (Wildman–Crippen LogP) is 1.54. The van der Waals surface area contributed by atoms with E-state index < -0.39 is 10.2 Å². The first-order chi connectivity index (χ1) is 7.87. The highest BCUT2D eigenvalue weighted by molar-refractivity contribution is 7.90. The van der Waals surface area contributed by atoms with Crippen molar-refractivity contribution in [2.45, 2.75) is 27.2 Å². The molecule has 0 aliphatic rings. The summed E-state index contributed by atoms with van der Waals surface area (Å²) in [6.45, 7) is 5.99. The highest BCUT2D eigenvalue weighted by atomic mass is 32.2. The molecule has 0 saturated carbocycles. The van der Waals surface area contributed by atoms with E-state index in [4.69, 9.17) is 5.73 Å². The number of aryl methyl sites for hydroxylation is 1. The highest BCUT2D eigenvalue weighted by Gasteiger charge is 2.12. The Kier molecular flexibility index (Phi) is 4.36. The molecule has 96 valence electrons. The van der Waals surface area contributed by atoms with Crippen LogP contribution >= 0.6 is 0 Å². The Hall–Kier alpha value is -1.27. The number of nitrogens with one attached hydrogen (secondary N) is 2. The van der Waals surface area contributed by atoms with E-state index in [-0.39, 0.29) is 0 Å². The van der Waals surface area contributed by atoms with E-state index in [0.29, 0.717) is 17.9 Å². The van der Waals surface area contributed by atoms with Crippen molar-refractivity contribution in [3.8, 4) is 0 Å². The maximum absolute atomic E-state index is 11.6. The van der Waals surface area contributed by atoms with Crippen LogP contribution in [-0.4, -0.2) is 15.0 Å². The molecule has 5 nitrogen and oxygen atoms in total. The van der Waals surface area contributed by atoms with Gasteiger partial charge in [0.05, 0.1) is 5.69 Å². The summed E-state index contributed by atoms with van der Waals surface area (Å²) in [6.07, 6.45) is 0.746. The van der Waals surface area contributed by atoms with Gasteiger partial charge in [0.1, 0.15) is 0 Å². The molecule has 0 aliphatic heterocycles. The molecule has 0 heterocycles. The van der Waals surface area contributed by atoms with E-state index in [0.717, 1.165) is 17.5 Å². The molecule has 0 aromatic heterocycles. The monoisotopic (exact) mass is 257 g/mol. The third kappa shape index (κ3) is 3.61. The zero-order valence-corrected chi connectivity index (χ0v) is 11.2. The number of benzene rings is 1. The lowest BCUT2D eigenvalue weighted by molar-refractivity contribution is 0.586. The lowest BCUT2D eigenvalue weighted by atomic mass is 10.1. The second-order valence-corrected chi connectivity index (χ2v) is 5.47. The van der Waals surface area contributed by atoms with Crippen LogP contribution in [0.15, 0.2) is 12.1 Å². The van der Waals surface area contributed by atoms with Gasteiger partial charge in [0.2, 0.25) is 0 Å². The van der Waals surface area contributed by atoms with E-state index in [1.165, 1.54) is 0 Å². The first-order valence-electron chi connectivity index (χ1n) is 5.50. The van der Waals surface area contributed by atoms with Crippen LogP contribution in [0.5, 0.6) is 0 Å². The van der Waals surface area contributed by atoms with Crippen LogP contribution in [-0.2, 0) is 10.2 Å². The number of nitrogen functional groups attached to an aromatic ring is 1. The summed E-state index contributed by atoms with van der Waals surface area (Å²) < 4.78 is 28.2. The van der Waals surface area contributed by atoms with Crippen LogP contribution in [0.25, 0.3) is 0 Å². The maximum atomic E-state index is 11.6. The Bertz CT molecular complexity index is 498. The van der Waals surface area contributed by atoms with E-state index >= 15 is 0 Å². The summed E-state index contributed by atoms with van der Waals surface area (Å²) in [4.78, 5) is 0. The molecule has 0 radical (unpaired) electrons. The van der Waals surface area contributed by atoms with Crippen molar-refractivity contribution in [1.29, 1.82) is 0 Å². The number of hydrogen-bond acceptors (Lipinski definition) is 3. The fraction of sp³-hybridized carbons (Fsp3) is 0.455. The lowest BCUT2D eigenvalue weighted by Crippen LogP contribution is -2.31. The predicted molar refractivity (Wildman–Crippen MR) is 71.2 cm³/mol. The molecule has 4 N–H and O–H groups in total. The van der Waals surface area contributed by atoms with Gasteiger partial charge < -0.3 is 5.73 Å². The molecular formula is C11H19N3O2S. The van der Waals surface area contributed by atoms with Gasteiger partial charge in [0.25, 0.3) is 10.2 Å². The summed E-state index contributed by atoms with van der Waals surface area (Å²) >= 11 is 0. The zero-order valence-electron chi connectivity index (χ0n) is 10.4. The second-order valence-electron chi connectivity index (χ2n) is 3.97. The lowest BCUT2D eigenvalue weighted by Gasteiger charge is -2.13. The van der Waals surface area contributed by atoms with E-state index in [2.05, 4.69) is 9.44 Å². The molecule has 0 atom stereocenters. The van der Waals surface area contributed by atoms with Gasteiger partial charge in [-0.1, -0.05) is 13.0 Å². The minimum Gasteiger partial charge on any atom is -0.398 e. The van der Waals surface area contributed by atoms with Gasteiger partial charge in [-0.3, -0.25) is 4.72 Å². The number of hydrogen-bond donors (Lipinski definition) is 3. The molecule has 0 spiro atoms. The summed E-state index contributed by atoms with van der Waals surface area (Å²) in [6, 6.07) is 3.51. The highest BCUT2D eigenvalue weighted by Crippen LogP contribution is 2.24. The summed E-state index contributed by atoms with van der Waals surface area (Å²) in [5.41, 5.74) is 8.65. The fourth-order valence-electron chi connectivity index (χ4n) is 1.39. The molecule has 1 aromatic rings. The molecular weight excluding hydrogens is 238 g/mol. The quantitative estimate of drug-likeness (QED) is 0.700. The minimum atomic E-state index is -3.50. The summed E-state index contributed by atoms with van der Waals surface area (Å²) in [5, 5.41) is 0. The van der Waals surface area contributed by atoms with Gasteiger partial charge >= 0.3 is 0 Å². The van der Waals surface area contributed by atoms with Gasteiger partial charge in [-0.05, 0) is 37.5 Å². The van der Waals surface area contributed by atoms with Crippen LogP contribution in [0.1, 0.15) is 24.5 Å². The Morgan fingerprint density at radius 3 is 2.53 bits per heavy atom. The number of anilines is 2. The average Bonchev–Trinajstić information content (AvgIpc) is 2.27. The van der Waals surface area contributed by atoms with Crippen molar-refractivity contribution in [1.82, 2.24) is 4.72 Å². The van der Waals surface area contributed by atoms with Gasteiger partial charge in [0, 0.05) is 12.2 Å². The Labute approximate surface area is 103 Å². The molecule has 0 amide bonds. The largest absolute Gasteiger partial charge is 0.398 e. The van der Waals surface area contributed by atoms with E-state index in [9.17, 15) is 8.42 Å². The van der Waals surface area contributed by atoms with Crippen LogP contribution in [0.4, 0.5) is 11.4 Å². The Balaban J connectivity index is 2.93. The Morgan fingerprint density at radius 1 is 1.29 bits per heavy atom. The average molecular weight is 257 g/mol. The Morgan fingerprint density at radius 2 is 1.94 bits per heavy atom. The number of rotatable bonds is 5. The van der Waals surface area contributed by atoms with Gasteiger partial charge in [-0.2, -0.15) is 13.1 Å². The van der Waals surface area contributed by atoms with Crippen molar-refractivity contribution in [3.63, 3.8) is 0 Å². The molecule has 0 bridgehead atoms. The van der Waals surface area contributed by atoms with Gasteiger partial charge in [-0.25, -0.2) is 0 Å². The van der Waals surface area contributed by atoms with Crippen molar-refractivity contribution in [3.05, 3.63) is 23.3 Å². The first-order valence-corrected chi connectivity index (χ1v) is 6.98. The van der Waals surface area contributed by atoms with Crippen molar-refractivity contribution >= 4 is 21.6 Å². The summed E-state index contributed by atoms with van der Waals surface area (Å²) in [7, 11) is -3.50. The van der Waals surface area contributed by atoms with Gasteiger partial charge in [0.15, 0.2) is 0 Å². The van der Waals surface area contributed by atoms with E-state index in [1.54, 1.807) is 19.1 Å². The molecule has 0 saturated heterocycles. The van der Waals surface area contributed by atoms with Gasteiger partial charge in [-0.15, -0.1) is 0 Å². The number of nitrogens with two attached hydrogens (primary N) is 1. The third-order valence-corrected chi connectivity index (χ3v) is 3.59. The van der Waals surface area contributed by atoms with Crippen LogP contribution in [0, 0.1) is 13.8 Å². The molecule has 1 rings (SSSR count). The van der Waals surface area contributed by atoms with E-state index in [1.807, 2.05) is 13.8 Å². The first kappa shape index (κ1) is 13.8. The van der Waals surface area contributed by atoms with Crippen molar-refractivity contribution in [2.75, 3.05) is 17.0 Å². The molecule has 6 heteroatoms. The molecule has 17 heavy (non-hydrogen) atoms. The second kappa shape index (κ2) is 5.37. The SMILES string of the molecule is CCCNS(=O)(=O)Nc1ccc(C)c(N)c1C. The van der Waals surface area contributed by atoms with Crippen molar-refractivity contribution in [2.24, 2.45) is 0 Å². The molecule has 0 fully saturated rings. The zero-order chi connectivity index (χ0) is 13.1. The smallest absolute Gasteiger partial charge is 0.299 e. The van der Waals surface area contributed by atoms with Crippen LogP contribution in [0.2, 0.25) is 0 Å². The van der Waals surface area contributed by atoms with Crippen LogP contribution < -0.4 is 15.2 Å². The minimum absolute atomic E-state index is 0.412.